The molecule has 0 aliphatic rings. The molecule has 5 aromatic rings. The van der Waals surface area contributed by atoms with Crippen LogP contribution in [-0.4, -0.2) is 36.8 Å². The number of aromatic nitrogens is 5. The van der Waals surface area contributed by atoms with Gasteiger partial charge in [-0.05, 0) is 67.4 Å². The Morgan fingerprint density at radius 2 is 1.79 bits per heavy atom. The molecule has 0 saturated heterocycles. The fraction of sp³-hybridized carbons (Fsp3) is 0.167. The summed E-state index contributed by atoms with van der Waals surface area (Å²) in [6, 6.07) is 15.1. The van der Waals surface area contributed by atoms with E-state index in [1.807, 2.05) is 62.4 Å². The van der Waals surface area contributed by atoms with Crippen molar-refractivity contribution in [1.29, 1.82) is 0 Å². The Morgan fingerprint density at radius 1 is 1.00 bits per heavy atom. The molecule has 3 aromatic heterocycles. The molecule has 33 heavy (non-hydrogen) atoms. The first-order valence-corrected chi connectivity index (χ1v) is 10.4. The molecule has 166 valence electrons. The van der Waals surface area contributed by atoms with E-state index in [0.29, 0.717) is 16.9 Å². The second kappa shape index (κ2) is 7.94. The minimum absolute atomic E-state index is 0.195. The van der Waals surface area contributed by atoms with E-state index in [4.69, 9.17) is 4.74 Å². The monoisotopic (exact) mass is 442 g/mol. The van der Waals surface area contributed by atoms with E-state index in [2.05, 4.69) is 15.5 Å². The number of amides is 1. The van der Waals surface area contributed by atoms with Crippen molar-refractivity contribution in [2.75, 3.05) is 12.4 Å². The lowest BCUT2D eigenvalue weighted by atomic mass is 10.1. The average molecular weight is 442 g/mol. The maximum atomic E-state index is 12.8. The predicted octanol–water partition coefficient (Wildman–Crippen LogP) is 3.07. The van der Waals surface area contributed by atoms with Crippen LogP contribution in [0.15, 0.2) is 65.7 Å². The topological polar surface area (TPSA) is 94.9 Å². The van der Waals surface area contributed by atoms with Crippen molar-refractivity contribution in [3.63, 3.8) is 0 Å². The molecular formula is C24H22N6O3. The number of hydrogen-bond donors (Lipinski definition) is 1. The van der Waals surface area contributed by atoms with E-state index >= 15 is 0 Å². The second-order valence-corrected chi connectivity index (χ2v) is 7.87. The Labute approximate surface area is 188 Å². The third-order valence-corrected chi connectivity index (χ3v) is 5.66. The number of carbonyl (C=O) groups excluding carboxylic acids is 1. The van der Waals surface area contributed by atoms with E-state index in [1.54, 1.807) is 24.0 Å². The fourth-order valence-corrected chi connectivity index (χ4v) is 3.70. The van der Waals surface area contributed by atoms with Gasteiger partial charge in [-0.3, -0.25) is 4.79 Å². The first-order chi connectivity index (χ1) is 15.9. The van der Waals surface area contributed by atoms with Gasteiger partial charge >= 0.3 is 5.69 Å². The number of carbonyl (C=O) groups is 1. The summed E-state index contributed by atoms with van der Waals surface area (Å²) in [5.41, 5.74) is 5.24. The predicted molar refractivity (Wildman–Crippen MR) is 125 cm³/mol. The summed E-state index contributed by atoms with van der Waals surface area (Å²) in [7, 11) is 1.62. The molecule has 0 saturated carbocycles. The van der Waals surface area contributed by atoms with Crippen LogP contribution in [0.1, 0.15) is 11.1 Å². The molecule has 1 amide bonds. The highest BCUT2D eigenvalue weighted by atomic mass is 16.5. The summed E-state index contributed by atoms with van der Waals surface area (Å²) in [6.45, 7) is 3.79. The Morgan fingerprint density at radius 3 is 2.52 bits per heavy atom. The molecule has 0 unspecified atom stereocenters. The van der Waals surface area contributed by atoms with Crippen LogP contribution in [0.4, 0.5) is 5.69 Å². The Hall–Kier alpha value is -4.40. The van der Waals surface area contributed by atoms with Crippen LogP contribution < -0.4 is 15.7 Å². The first-order valence-electron chi connectivity index (χ1n) is 10.4. The van der Waals surface area contributed by atoms with Crippen LogP contribution in [0.2, 0.25) is 0 Å². The van der Waals surface area contributed by atoms with Crippen molar-refractivity contribution in [3.8, 4) is 17.0 Å². The van der Waals surface area contributed by atoms with Crippen LogP contribution in [0.25, 0.3) is 22.4 Å². The zero-order valence-corrected chi connectivity index (χ0v) is 18.4. The van der Waals surface area contributed by atoms with E-state index in [9.17, 15) is 9.59 Å². The first kappa shape index (κ1) is 20.5. The average Bonchev–Trinajstić information content (AvgIpc) is 3.38. The Balaban J connectivity index is 1.46. The lowest BCUT2D eigenvalue weighted by Crippen LogP contribution is -2.28. The van der Waals surface area contributed by atoms with Gasteiger partial charge in [-0.15, -0.1) is 5.10 Å². The molecule has 9 heteroatoms. The molecule has 0 atom stereocenters. The summed E-state index contributed by atoms with van der Waals surface area (Å²) < 4.78 is 9.45. The number of rotatable bonds is 5. The minimum atomic E-state index is -0.394. The number of fused-ring (bicyclic) bond motifs is 3. The SMILES string of the molecule is COc1ccc(-c2cc3c4nn(CC(=O)Nc5ccc(C)c(C)c5)c(=O)n4ccn3n2)cc1. The normalized spacial score (nSPS) is 11.2. The molecule has 0 radical (unpaired) electrons. The number of hydrogen-bond acceptors (Lipinski definition) is 5. The quantitative estimate of drug-likeness (QED) is 0.451. The maximum Gasteiger partial charge on any atom is 0.350 e. The number of anilines is 1. The molecule has 0 aliphatic heterocycles. The van der Waals surface area contributed by atoms with Gasteiger partial charge in [0.1, 0.15) is 17.8 Å². The molecule has 0 aliphatic carbocycles. The van der Waals surface area contributed by atoms with Gasteiger partial charge in [0.15, 0.2) is 5.65 Å². The molecule has 0 spiro atoms. The molecular weight excluding hydrogens is 420 g/mol. The number of ether oxygens (including phenoxy) is 1. The van der Waals surface area contributed by atoms with Crippen molar-refractivity contribution in [2.24, 2.45) is 0 Å². The lowest BCUT2D eigenvalue weighted by molar-refractivity contribution is -0.117. The van der Waals surface area contributed by atoms with Crippen molar-refractivity contribution in [1.82, 2.24) is 23.8 Å². The standard InChI is InChI=1S/C24H22N6O3/c1-15-4-7-18(12-16(15)2)25-22(31)14-30-24(32)28-10-11-29-21(23(28)27-30)13-20(26-29)17-5-8-19(33-3)9-6-17/h4-13H,14H2,1-3H3,(H,25,31). The number of nitrogens with zero attached hydrogens (tertiary/aromatic N) is 5. The van der Waals surface area contributed by atoms with Gasteiger partial charge < -0.3 is 10.1 Å². The van der Waals surface area contributed by atoms with E-state index in [1.165, 1.54) is 4.40 Å². The van der Waals surface area contributed by atoms with Gasteiger partial charge in [0.05, 0.1) is 12.8 Å². The maximum absolute atomic E-state index is 12.8. The summed E-state index contributed by atoms with van der Waals surface area (Å²) in [5, 5.41) is 11.8. The van der Waals surface area contributed by atoms with Gasteiger partial charge in [0.25, 0.3) is 0 Å². The van der Waals surface area contributed by atoms with E-state index in [-0.39, 0.29) is 12.5 Å². The van der Waals surface area contributed by atoms with Crippen LogP contribution in [0.3, 0.4) is 0 Å². The Kier molecular flexibility index (Phi) is 4.93. The highest BCUT2D eigenvalue weighted by Gasteiger charge is 2.15. The van der Waals surface area contributed by atoms with Gasteiger partial charge in [-0.1, -0.05) is 6.07 Å². The summed E-state index contributed by atoms with van der Waals surface area (Å²) in [4.78, 5) is 25.4. The summed E-state index contributed by atoms with van der Waals surface area (Å²) in [5.74, 6) is 0.432. The number of nitrogens with one attached hydrogen (secondary N) is 1. The largest absolute Gasteiger partial charge is 0.497 e. The molecule has 2 aromatic carbocycles. The number of benzene rings is 2. The van der Waals surface area contributed by atoms with Crippen molar-refractivity contribution in [3.05, 3.63) is 82.5 Å². The van der Waals surface area contributed by atoms with E-state index in [0.717, 1.165) is 32.8 Å². The zero-order chi connectivity index (χ0) is 23.1. The third kappa shape index (κ3) is 3.73. The molecule has 0 fully saturated rings. The van der Waals surface area contributed by atoms with Gasteiger partial charge in [0, 0.05) is 23.6 Å². The fourth-order valence-electron chi connectivity index (χ4n) is 3.70. The molecule has 9 nitrogen and oxygen atoms in total. The van der Waals surface area contributed by atoms with Gasteiger partial charge in [0.2, 0.25) is 5.91 Å². The molecule has 5 rings (SSSR count). The van der Waals surface area contributed by atoms with E-state index < -0.39 is 5.69 Å². The van der Waals surface area contributed by atoms with Crippen LogP contribution in [0.5, 0.6) is 5.75 Å². The van der Waals surface area contributed by atoms with Crippen molar-refractivity contribution >= 4 is 22.8 Å². The van der Waals surface area contributed by atoms with Crippen molar-refractivity contribution in [2.45, 2.75) is 20.4 Å². The Bertz CT molecular complexity index is 1560. The second-order valence-electron chi connectivity index (χ2n) is 7.87. The minimum Gasteiger partial charge on any atom is -0.497 e. The van der Waals surface area contributed by atoms with Crippen LogP contribution in [0, 0.1) is 13.8 Å². The van der Waals surface area contributed by atoms with Gasteiger partial charge in [-0.25, -0.2) is 18.4 Å². The third-order valence-electron chi connectivity index (χ3n) is 5.66. The van der Waals surface area contributed by atoms with Crippen LogP contribution >= 0.6 is 0 Å². The molecule has 0 bridgehead atoms. The lowest BCUT2D eigenvalue weighted by Gasteiger charge is -2.07. The molecule has 3 heterocycles. The summed E-state index contributed by atoms with van der Waals surface area (Å²) >= 11 is 0. The van der Waals surface area contributed by atoms with Crippen LogP contribution in [-0.2, 0) is 11.3 Å². The number of methoxy groups -OCH3 is 1. The van der Waals surface area contributed by atoms with Crippen molar-refractivity contribution < 1.29 is 9.53 Å². The van der Waals surface area contributed by atoms with Gasteiger partial charge in [-0.2, -0.15) is 5.10 Å². The summed E-state index contributed by atoms with van der Waals surface area (Å²) in [6.07, 6.45) is 3.29. The molecule has 1 N–H and O–H groups in total. The highest BCUT2D eigenvalue weighted by molar-refractivity contribution is 5.90. The zero-order valence-electron chi connectivity index (χ0n) is 18.4. The smallest absolute Gasteiger partial charge is 0.350 e. The highest BCUT2D eigenvalue weighted by Crippen LogP contribution is 2.23. The number of aryl methyl sites for hydroxylation is 2.